The van der Waals surface area contributed by atoms with E-state index in [1.807, 2.05) is 0 Å². The molecule has 20 heavy (non-hydrogen) atoms. The summed E-state index contributed by atoms with van der Waals surface area (Å²) in [6, 6.07) is 6.14. The minimum Gasteiger partial charge on any atom is -0.508 e. The number of halogens is 3. The van der Waals surface area contributed by atoms with Crippen molar-refractivity contribution in [3.05, 3.63) is 53.3 Å². The Labute approximate surface area is 112 Å². The normalized spacial score (nSPS) is 16.6. The van der Waals surface area contributed by atoms with Gasteiger partial charge < -0.3 is 15.2 Å². The number of hydrogen-bond acceptors (Lipinski definition) is 3. The second kappa shape index (κ2) is 4.63. The number of fused-ring (bicyclic) bond motifs is 1. The summed E-state index contributed by atoms with van der Waals surface area (Å²) in [5.41, 5.74) is 0.574. The third-order valence-corrected chi connectivity index (χ3v) is 3.14. The zero-order chi connectivity index (χ0) is 14.3. The highest BCUT2D eigenvalue weighted by molar-refractivity contribution is 5.52. The number of phenolic OH excluding ortho intramolecular Hbond substituents is 1. The second-order valence-corrected chi connectivity index (χ2v) is 4.45. The molecule has 0 fully saturated rings. The monoisotopic (exact) mass is 281 g/mol. The molecule has 0 saturated heterocycles. The van der Waals surface area contributed by atoms with E-state index < -0.39 is 23.5 Å². The van der Waals surface area contributed by atoms with Crippen LogP contribution in [0.1, 0.15) is 11.6 Å². The maximum Gasteiger partial charge on any atom is 0.196 e. The molecule has 1 aliphatic heterocycles. The molecule has 1 heterocycles. The van der Waals surface area contributed by atoms with Crippen LogP contribution in [0.3, 0.4) is 0 Å². The predicted octanol–water partition coefficient (Wildman–Crippen LogP) is 3.36. The minimum absolute atomic E-state index is 0.0587. The van der Waals surface area contributed by atoms with Gasteiger partial charge in [-0.1, -0.05) is 0 Å². The van der Waals surface area contributed by atoms with Gasteiger partial charge in [0.25, 0.3) is 0 Å². The molecule has 3 nitrogen and oxygen atoms in total. The van der Waals surface area contributed by atoms with Crippen LogP contribution in [0.25, 0.3) is 0 Å². The van der Waals surface area contributed by atoms with Gasteiger partial charge >= 0.3 is 0 Å². The highest BCUT2D eigenvalue weighted by Gasteiger charge is 2.26. The molecule has 1 atom stereocenters. The Morgan fingerprint density at radius 2 is 1.90 bits per heavy atom. The van der Waals surface area contributed by atoms with E-state index in [-0.39, 0.29) is 18.0 Å². The van der Waals surface area contributed by atoms with Crippen LogP contribution in [0.15, 0.2) is 30.3 Å². The molecule has 0 saturated carbocycles. The summed E-state index contributed by atoms with van der Waals surface area (Å²) in [4.78, 5) is 0. The first-order valence-electron chi connectivity index (χ1n) is 5.92. The van der Waals surface area contributed by atoms with E-state index in [2.05, 4.69) is 5.32 Å². The van der Waals surface area contributed by atoms with Crippen molar-refractivity contribution in [1.29, 1.82) is 0 Å². The molecule has 2 N–H and O–H groups in total. The molecule has 0 amide bonds. The van der Waals surface area contributed by atoms with Gasteiger partial charge in [0.1, 0.15) is 18.1 Å². The molecule has 0 radical (unpaired) electrons. The third kappa shape index (κ3) is 2.03. The zero-order valence-corrected chi connectivity index (χ0v) is 10.2. The summed E-state index contributed by atoms with van der Waals surface area (Å²) in [6.07, 6.45) is 0. The summed E-state index contributed by atoms with van der Waals surface area (Å²) >= 11 is 0. The van der Waals surface area contributed by atoms with Gasteiger partial charge in [0.2, 0.25) is 0 Å². The number of benzene rings is 2. The number of aromatic hydroxyl groups is 1. The van der Waals surface area contributed by atoms with Crippen molar-refractivity contribution in [2.75, 3.05) is 11.9 Å². The number of nitrogens with one attached hydrogen (secondary N) is 1. The molecule has 6 heteroatoms. The molecular weight excluding hydrogens is 271 g/mol. The maximum atomic E-state index is 13.6. The maximum absolute atomic E-state index is 13.6. The van der Waals surface area contributed by atoms with Gasteiger partial charge in [0.05, 0.1) is 11.7 Å². The Kier molecular flexibility index (Phi) is 2.93. The average molecular weight is 281 g/mol. The highest BCUT2D eigenvalue weighted by atomic mass is 19.2. The highest BCUT2D eigenvalue weighted by Crippen LogP contribution is 2.37. The van der Waals surface area contributed by atoms with Gasteiger partial charge in [0.15, 0.2) is 17.5 Å². The van der Waals surface area contributed by atoms with E-state index in [0.717, 1.165) is 12.1 Å². The Bertz CT molecular complexity index is 676. The van der Waals surface area contributed by atoms with E-state index in [0.29, 0.717) is 11.3 Å². The van der Waals surface area contributed by atoms with E-state index in [1.165, 1.54) is 12.1 Å². The van der Waals surface area contributed by atoms with E-state index >= 15 is 0 Å². The lowest BCUT2D eigenvalue weighted by Gasteiger charge is -2.14. The SMILES string of the molecule is Oc1ccc2c(c1)OCC2Nc1ccc(F)c(F)c1F. The van der Waals surface area contributed by atoms with Gasteiger partial charge in [-0.3, -0.25) is 0 Å². The molecule has 2 aromatic rings. The third-order valence-electron chi connectivity index (χ3n) is 3.14. The van der Waals surface area contributed by atoms with Gasteiger partial charge in [0, 0.05) is 11.6 Å². The van der Waals surface area contributed by atoms with Crippen molar-refractivity contribution in [1.82, 2.24) is 0 Å². The van der Waals surface area contributed by atoms with Crippen LogP contribution in [-0.4, -0.2) is 11.7 Å². The Morgan fingerprint density at radius 3 is 2.70 bits per heavy atom. The van der Waals surface area contributed by atoms with Crippen LogP contribution in [0.4, 0.5) is 18.9 Å². The fraction of sp³-hybridized carbons (Fsp3) is 0.143. The van der Waals surface area contributed by atoms with E-state index in [1.54, 1.807) is 6.07 Å². The van der Waals surface area contributed by atoms with E-state index in [4.69, 9.17) is 4.74 Å². The first-order valence-corrected chi connectivity index (χ1v) is 5.92. The van der Waals surface area contributed by atoms with Gasteiger partial charge in [-0.25, -0.2) is 13.2 Å². The summed E-state index contributed by atoms with van der Waals surface area (Å²) in [5.74, 6) is -3.48. The molecule has 2 aromatic carbocycles. The summed E-state index contributed by atoms with van der Waals surface area (Å²) in [7, 11) is 0. The summed E-state index contributed by atoms with van der Waals surface area (Å²) in [6.45, 7) is 0.206. The number of ether oxygens (including phenoxy) is 1. The van der Waals surface area contributed by atoms with Crippen LogP contribution in [-0.2, 0) is 0 Å². The largest absolute Gasteiger partial charge is 0.508 e. The topological polar surface area (TPSA) is 41.5 Å². The molecule has 0 aromatic heterocycles. The molecule has 0 bridgehead atoms. The Morgan fingerprint density at radius 1 is 1.10 bits per heavy atom. The van der Waals surface area contributed by atoms with E-state index in [9.17, 15) is 18.3 Å². The number of rotatable bonds is 2. The van der Waals surface area contributed by atoms with Crippen LogP contribution in [0.5, 0.6) is 11.5 Å². The fourth-order valence-electron chi connectivity index (χ4n) is 2.14. The van der Waals surface area contributed by atoms with Gasteiger partial charge in [-0.05, 0) is 24.3 Å². The van der Waals surface area contributed by atoms with Gasteiger partial charge in [-0.15, -0.1) is 0 Å². The van der Waals surface area contributed by atoms with Crippen molar-refractivity contribution in [2.45, 2.75) is 6.04 Å². The van der Waals surface area contributed by atoms with Crippen LogP contribution >= 0.6 is 0 Å². The van der Waals surface area contributed by atoms with Crippen molar-refractivity contribution in [3.63, 3.8) is 0 Å². The average Bonchev–Trinajstić information content (AvgIpc) is 2.82. The molecule has 1 aliphatic rings. The smallest absolute Gasteiger partial charge is 0.196 e. The lowest BCUT2D eigenvalue weighted by Crippen LogP contribution is -2.13. The Hall–Kier alpha value is -2.37. The van der Waals surface area contributed by atoms with Crippen molar-refractivity contribution in [2.24, 2.45) is 0 Å². The number of anilines is 1. The minimum atomic E-state index is -1.51. The number of phenols is 1. The lowest BCUT2D eigenvalue weighted by molar-refractivity contribution is 0.337. The molecule has 104 valence electrons. The molecular formula is C14H10F3NO2. The predicted molar refractivity (Wildman–Crippen MR) is 66.3 cm³/mol. The first-order chi connectivity index (χ1) is 9.56. The number of hydrogen-bond donors (Lipinski definition) is 2. The molecule has 1 unspecified atom stereocenters. The van der Waals surface area contributed by atoms with Crippen molar-refractivity contribution >= 4 is 5.69 Å². The molecule has 0 spiro atoms. The summed E-state index contributed by atoms with van der Waals surface area (Å²) in [5, 5.41) is 12.1. The first kappa shape index (κ1) is 12.7. The quantitative estimate of drug-likeness (QED) is 0.829. The van der Waals surface area contributed by atoms with Crippen LogP contribution in [0, 0.1) is 17.5 Å². The van der Waals surface area contributed by atoms with Crippen molar-refractivity contribution < 1.29 is 23.0 Å². The molecule has 0 aliphatic carbocycles. The summed E-state index contributed by atoms with van der Waals surface area (Å²) < 4.78 is 45.0. The Balaban J connectivity index is 1.90. The standard InChI is InChI=1S/C14H10F3NO2/c15-9-3-4-10(14(17)13(9)16)18-11-6-20-12-5-7(19)1-2-8(11)12/h1-5,11,18-19H,6H2. The van der Waals surface area contributed by atoms with Crippen molar-refractivity contribution in [3.8, 4) is 11.5 Å². The molecule has 3 rings (SSSR count). The van der Waals surface area contributed by atoms with Gasteiger partial charge in [-0.2, -0.15) is 0 Å². The fourth-order valence-corrected chi connectivity index (χ4v) is 2.14. The van der Waals surface area contributed by atoms with Crippen LogP contribution < -0.4 is 10.1 Å². The van der Waals surface area contributed by atoms with Crippen LogP contribution in [0.2, 0.25) is 0 Å². The zero-order valence-electron chi connectivity index (χ0n) is 10.2. The lowest BCUT2D eigenvalue weighted by atomic mass is 10.1. The second-order valence-electron chi connectivity index (χ2n) is 4.45.